The highest BCUT2D eigenvalue weighted by atomic mass is 16.4. The van der Waals surface area contributed by atoms with Crippen LogP contribution in [0.5, 0.6) is 11.5 Å². The molecule has 0 spiro atoms. The first-order valence-corrected chi connectivity index (χ1v) is 4.48. The van der Waals surface area contributed by atoms with Gasteiger partial charge in [0, 0.05) is 12.1 Å². The molecule has 0 saturated heterocycles. The van der Waals surface area contributed by atoms with Crippen LogP contribution in [0.25, 0.3) is 0 Å². The summed E-state index contributed by atoms with van der Waals surface area (Å²) in [6.45, 7) is 1.69. The smallest absolute Gasteiger partial charge is 0.320 e. The number of nitrogens with one attached hydrogen (secondary N) is 1. The number of hydrogen-bond donors (Lipinski definition) is 4. The molecule has 5 heteroatoms. The number of phenols is 2. The SMILES string of the molecule is C[C@H](NCc1cccc(O)c1O)C(=O)O. The van der Waals surface area contributed by atoms with Crippen LogP contribution in [-0.4, -0.2) is 27.3 Å². The lowest BCUT2D eigenvalue weighted by molar-refractivity contribution is -0.139. The van der Waals surface area contributed by atoms with Crippen LogP contribution < -0.4 is 5.32 Å². The van der Waals surface area contributed by atoms with Gasteiger partial charge in [-0.25, -0.2) is 0 Å². The molecule has 0 aliphatic heterocycles. The summed E-state index contributed by atoms with van der Waals surface area (Å²) in [5, 5.41) is 29.9. The number of para-hydroxylation sites is 1. The quantitative estimate of drug-likeness (QED) is 0.549. The first kappa shape index (κ1) is 11.3. The van der Waals surface area contributed by atoms with E-state index in [-0.39, 0.29) is 18.0 Å². The van der Waals surface area contributed by atoms with Crippen molar-refractivity contribution in [2.75, 3.05) is 0 Å². The maximum absolute atomic E-state index is 10.5. The van der Waals surface area contributed by atoms with E-state index in [4.69, 9.17) is 5.11 Å². The van der Waals surface area contributed by atoms with Crippen LogP contribution in [0.2, 0.25) is 0 Å². The van der Waals surface area contributed by atoms with E-state index in [1.54, 1.807) is 12.1 Å². The Balaban J connectivity index is 2.66. The van der Waals surface area contributed by atoms with Gasteiger partial charge in [0.25, 0.3) is 0 Å². The number of carboxylic acids is 1. The van der Waals surface area contributed by atoms with E-state index in [1.807, 2.05) is 0 Å². The molecule has 1 atom stereocenters. The monoisotopic (exact) mass is 211 g/mol. The van der Waals surface area contributed by atoms with E-state index in [9.17, 15) is 15.0 Å². The highest BCUT2D eigenvalue weighted by Crippen LogP contribution is 2.27. The van der Waals surface area contributed by atoms with Gasteiger partial charge in [-0.2, -0.15) is 0 Å². The lowest BCUT2D eigenvalue weighted by Gasteiger charge is -2.10. The second kappa shape index (κ2) is 4.65. The maximum Gasteiger partial charge on any atom is 0.320 e. The number of aliphatic carboxylic acids is 1. The first-order valence-electron chi connectivity index (χ1n) is 4.48. The molecule has 4 N–H and O–H groups in total. The Hall–Kier alpha value is -1.75. The summed E-state index contributed by atoms with van der Waals surface area (Å²) in [4.78, 5) is 10.5. The van der Waals surface area contributed by atoms with Crippen molar-refractivity contribution in [3.8, 4) is 11.5 Å². The molecule has 0 amide bonds. The van der Waals surface area contributed by atoms with Crippen LogP contribution in [0.15, 0.2) is 18.2 Å². The molecule has 0 bridgehead atoms. The summed E-state index contributed by atoms with van der Waals surface area (Å²) in [6.07, 6.45) is 0. The lowest BCUT2D eigenvalue weighted by Crippen LogP contribution is -2.33. The number of benzene rings is 1. The van der Waals surface area contributed by atoms with E-state index in [2.05, 4.69) is 5.32 Å². The Labute approximate surface area is 87.0 Å². The molecule has 0 fully saturated rings. The van der Waals surface area contributed by atoms with Crippen LogP contribution >= 0.6 is 0 Å². The minimum atomic E-state index is -0.963. The van der Waals surface area contributed by atoms with Crippen molar-refractivity contribution in [1.82, 2.24) is 5.32 Å². The van der Waals surface area contributed by atoms with Crippen molar-refractivity contribution in [2.45, 2.75) is 19.5 Å². The molecular weight excluding hydrogens is 198 g/mol. The van der Waals surface area contributed by atoms with Gasteiger partial charge < -0.3 is 20.6 Å². The second-order valence-corrected chi connectivity index (χ2v) is 3.23. The highest BCUT2D eigenvalue weighted by Gasteiger charge is 2.11. The molecule has 0 heterocycles. The van der Waals surface area contributed by atoms with E-state index in [0.717, 1.165) is 0 Å². The van der Waals surface area contributed by atoms with E-state index in [0.29, 0.717) is 5.56 Å². The third kappa shape index (κ3) is 2.85. The average molecular weight is 211 g/mol. The third-order valence-corrected chi connectivity index (χ3v) is 2.07. The van der Waals surface area contributed by atoms with Gasteiger partial charge in [-0.3, -0.25) is 4.79 Å². The number of rotatable bonds is 4. The number of carbonyl (C=O) groups is 1. The zero-order chi connectivity index (χ0) is 11.4. The summed E-state index contributed by atoms with van der Waals surface area (Å²) < 4.78 is 0. The lowest BCUT2D eigenvalue weighted by atomic mass is 10.1. The van der Waals surface area contributed by atoms with Gasteiger partial charge in [0.15, 0.2) is 11.5 Å². The second-order valence-electron chi connectivity index (χ2n) is 3.23. The summed E-state index contributed by atoms with van der Waals surface area (Å²) in [7, 11) is 0. The van der Waals surface area contributed by atoms with E-state index in [1.165, 1.54) is 13.0 Å². The Morgan fingerprint density at radius 2 is 2.13 bits per heavy atom. The number of hydrogen-bond acceptors (Lipinski definition) is 4. The number of carboxylic acid groups (broad SMARTS) is 1. The third-order valence-electron chi connectivity index (χ3n) is 2.07. The molecule has 1 aromatic rings. The zero-order valence-electron chi connectivity index (χ0n) is 8.27. The van der Waals surface area contributed by atoms with Crippen molar-refractivity contribution >= 4 is 5.97 Å². The summed E-state index contributed by atoms with van der Waals surface area (Å²) in [6, 6.07) is 3.85. The van der Waals surface area contributed by atoms with Gasteiger partial charge in [-0.05, 0) is 13.0 Å². The minimum Gasteiger partial charge on any atom is -0.504 e. The van der Waals surface area contributed by atoms with Crippen molar-refractivity contribution in [3.05, 3.63) is 23.8 Å². The van der Waals surface area contributed by atoms with Crippen LogP contribution in [-0.2, 0) is 11.3 Å². The topological polar surface area (TPSA) is 89.8 Å². The van der Waals surface area contributed by atoms with E-state index < -0.39 is 12.0 Å². The van der Waals surface area contributed by atoms with Crippen molar-refractivity contribution in [1.29, 1.82) is 0 Å². The largest absolute Gasteiger partial charge is 0.504 e. The Kier molecular flexibility index (Phi) is 3.51. The number of phenolic OH excluding ortho intramolecular Hbond substituents is 2. The Morgan fingerprint density at radius 1 is 1.47 bits per heavy atom. The number of aromatic hydroxyl groups is 2. The van der Waals surface area contributed by atoms with Gasteiger partial charge in [-0.15, -0.1) is 0 Å². The van der Waals surface area contributed by atoms with E-state index >= 15 is 0 Å². The van der Waals surface area contributed by atoms with Gasteiger partial charge in [0.1, 0.15) is 6.04 Å². The van der Waals surface area contributed by atoms with Gasteiger partial charge in [0.2, 0.25) is 0 Å². The molecule has 0 aliphatic carbocycles. The molecule has 82 valence electrons. The van der Waals surface area contributed by atoms with Crippen LogP contribution in [0.1, 0.15) is 12.5 Å². The predicted octanol–water partition coefficient (Wildman–Crippen LogP) is 0.661. The fraction of sp³-hybridized carbons (Fsp3) is 0.300. The van der Waals surface area contributed by atoms with Crippen LogP contribution in [0, 0.1) is 0 Å². The normalized spacial score (nSPS) is 12.3. The van der Waals surface area contributed by atoms with Crippen molar-refractivity contribution in [2.24, 2.45) is 0 Å². The molecule has 1 aromatic carbocycles. The zero-order valence-corrected chi connectivity index (χ0v) is 8.27. The fourth-order valence-corrected chi connectivity index (χ4v) is 1.07. The van der Waals surface area contributed by atoms with Crippen LogP contribution in [0.3, 0.4) is 0 Å². The van der Waals surface area contributed by atoms with Gasteiger partial charge >= 0.3 is 5.97 Å². The fourth-order valence-electron chi connectivity index (χ4n) is 1.07. The first-order chi connectivity index (χ1) is 7.02. The molecule has 0 radical (unpaired) electrons. The summed E-state index contributed by atoms with van der Waals surface area (Å²) in [5.74, 6) is -1.39. The van der Waals surface area contributed by atoms with Gasteiger partial charge in [-0.1, -0.05) is 12.1 Å². The highest BCUT2D eigenvalue weighted by molar-refractivity contribution is 5.72. The van der Waals surface area contributed by atoms with Gasteiger partial charge in [0.05, 0.1) is 0 Å². The molecule has 0 unspecified atom stereocenters. The Bertz CT molecular complexity index is 364. The summed E-state index contributed by atoms with van der Waals surface area (Å²) in [5.41, 5.74) is 0.461. The average Bonchev–Trinajstić information content (AvgIpc) is 2.19. The van der Waals surface area contributed by atoms with Crippen molar-refractivity contribution < 1.29 is 20.1 Å². The Morgan fingerprint density at radius 3 is 2.73 bits per heavy atom. The molecular formula is C10H13NO4. The molecule has 1 rings (SSSR count). The molecule has 15 heavy (non-hydrogen) atoms. The minimum absolute atomic E-state index is 0.188. The summed E-state index contributed by atoms with van der Waals surface area (Å²) >= 11 is 0. The standard InChI is InChI=1S/C10H13NO4/c1-6(10(14)15)11-5-7-3-2-4-8(12)9(7)13/h2-4,6,11-13H,5H2,1H3,(H,14,15)/t6-/m0/s1. The maximum atomic E-state index is 10.5. The molecule has 5 nitrogen and oxygen atoms in total. The molecule has 0 aliphatic rings. The van der Waals surface area contributed by atoms with Crippen LogP contribution in [0.4, 0.5) is 0 Å². The molecule has 0 saturated carbocycles. The predicted molar refractivity (Wildman–Crippen MR) is 53.7 cm³/mol. The van der Waals surface area contributed by atoms with Crippen molar-refractivity contribution in [3.63, 3.8) is 0 Å². The molecule has 0 aromatic heterocycles.